The SMILES string of the molecule is CCCNC(CC)CCCN1CCOCC1=O. The van der Waals surface area contributed by atoms with E-state index in [1.807, 2.05) is 4.90 Å². The monoisotopic (exact) mass is 242 g/mol. The molecule has 1 rings (SSSR count). The number of hydrogen-bond acceptors (Lipinski definition) is 3. The molecule has 1 saturated heterocycles. The predicted octanol–water partition coefficient (Wildman–Crippen LogP) is 1.40. The lowest BCUT2D eigenvalue weighted by Gasteiger charge is -2.27. The third-order valence-electron chi connectivity index (χ3n) is 3.24. The van der Waals surface area contributed by atoms with Gasteiger partial charge in [0.15, 0.2) is 0 Å². The van der Waals surface area contributed by atoms with Gasteiger partial charge in [-0.05, 0) is 32.2 Å². The first-order valence-electron chi connectivity index (χ1n) is 6.86. The van der Waals surface area contributed by atoms with Gasteiger partial charge in [0.05, 0.1) is 6.61 Å². The summed E-state index contributed by atoms with van der Waals surface area (Å²) in [5.74, 6) is 0.144. The van der Waals surface area contributed by atoms with E-state index in [0.717, 1.165) is 38.9 Å². The van der Waals surface area contributed by atoms with Gasteiger partial charge >= 0.3 is 0 Å². The van der Waals surface area contributed by atoms with Crippen molar-refractivity contribution in [3.8, 4) is 0 Å². The van der Waals surface area contributed by atoms with Crippen LogP contribution >= 0.6 is 0 Å². The molecule has 4 nitrogen and oxygen atoms in total. The Bertz CT molecular complexity index is 221. The Balaban J connectivity index is 2.14. The lowest BCUT2D eigenvalue weighted by atomic mass is 10.1. The van der Waals surface area contributed by atoms with Crippen LogP contribution in [0.15, 0.2) is 0 Å². The van der Waals surface area contributed by atoms with Crippen LogP contribution in [0.3, 0.4) is 0 Å². The van der Waals surface area contributed by atoms with Crippen molar-refractivity contribution in [2.45, 2.75) is 45.6 Å². The Hall–Kier alpha value is -0.610. The molecule has 1 N–H and O–H groups in total. The third-order valence-corrected chi connectivity index (χ3v) is 3.24. The van der Waals surface area contributed by atoms with Crippen molar-refractivity contribution in [3.63, 3.8) is 0 Å². The van der Waals surface area contributed by atoms with E-state index in [9.17, 15) is 4.79 Å². The van der Waals surface area contributed by atoms with E-state index in [2.05, 4.69) is 19.2 Å². The van der Waals surface area contributed by atoms with Crippen LogP contribution in [-0.4, -0.2) is 49.7 Å². The van der Waals surface area contributed by atoms with Gasteiger partial charge in [-0.1, -0.05) is 13.8 Å². The van der Waals surface area contributed by atoms with Gasteiger partial charge in [-0.15, -0.1) is 0 Å². The summed E-state index contributed by atoms with van der Waals surface area (Å²) in [5.41, 5.74) is 0. The van der Waals surface area contributed by atoms with Crippen molar-refractivity contribution < 1.29 is 9.53 Å². The van der Waals surface area contributed by atoms with Gasteiger partial charge in [0.1, 0.15) is 6.61 Å². The molecule has 1 aliphatic heterocycles. The Morgan fingerprint density at radius 2 is 2.29 bits per heavy atom. The molecule has 1 unspecified atom stereocenters. The quantitative estimate of drug-likeness (QED) is 0.699. The van der Waals surface area contributed by atoms with Crippen molar-refractivity contribution in [2.75, 3.05) is 32.8 Å². The fraction of sp³-hybridized carbons (Fsp3) is 0.923. The molecule has 1 fully saturated rings. The lowest BCUT2D eigenvalue weighted by Crippen LogP contribution is -2.42. The van der Waals surface area contributed by atoms with Crippen LogP contribution in [0.25, 0.3) is 0 Å². The number of nitrogens with one attached hydrogen (secondary N) is 1. The minimum Gasteiger partial charge on any atom is -0.370 e. The van der Waals surface area contributed by atoms with E-state index in [-0.39, 0.29) is 12.5 Å². The van der Waals surface area contributed by atoms with Gasteiger partial charge in [0.25, 0.3) is 0 Å². The zero-order valence-corrected chi connectivity index (χ0v) is 11.2. The van der Waals surface area contributed by atoms with Crippen LogP contribution in [0.1, 0.15) is 39.5 Å². The molecule has 0 bridgehead atoms. The predicted molar refractivity (Wildman–Crippen MR) is 69.0 cm³/mol. The molecule has 0 saturated carbocycles. The molecule has 4 heteroatoms. The highest BCUT2D eigenvalue weighted by atomic mass is 16.5. The summed E-state index contributed by atoms with van der Waals surface area (Å²) in [6.07, 6.45) is 4.58. The number of ether oxygens (including phenoxy) is 1. The fourth-order valence-corrected chi connectivity index (χ4v) is 2.11. The highest BCUT2D eigenvalue weighted by Gasteiger charge is 2.18. The van der Waals surface area contributed by atoms with Crippen LogP contribution in [0.4, 0.5) is 0 Å². The molecule has 1 aliphatic rings. The first-order chi connectivity index (χ1) is 8.27. The van der Waals surface area contributed by atoms with Crippen molar-refractivity contribution in [1.82, 2.24) is 10.2 Å². The van der Waals surface area contributed by atoms with E-state index in [4.69, 9.17) is 4.74 Å². The van der Waals surface area contributed by atoms with Gasteiger partial charge < -0.3 is 15.0 Å². The fourth-order valence-electron chi connectivity index (χ4n) is 2.11. The normalized spacial score (nSPS) is 18.5. The number of nitrogens with zero attached hydrogens (tertiary/aromatic N) is 1. The first kappa shape index (κ1) is 14.5. The second kappa shape index (κ2) is 8.48. The molecular weight excluding hydrogens is 216 g/mol. The Morgan fingerprint density at radius 1 is 1.47 bits per heavy atom. The number of hydrogen-bond donors (Lipinski definition) is 1. The number of rotatable bonds is 8. The van der Waals surface area contributed by atoms with Gasteiger partial charge in [-0.25, -0.2) is 0 Å². The van der Waals surface area contributed by atoms with E-state index in [1.54, 1.807) is 0 Å². The number of morpholine rings is 1. The van der Waals surface area contributed by atoms with Crippen LogP contribution in [0.2, 0.25) is 0 Å². The molecule has 100 valence electrons. The summed E-state index contributed by atoms with van der Waals surface area (Å²) in [4.78, 5) is 13.4. The number of carbonyl (C=O) groups is 1. The van der Waals surface area contributed by atoms with E-state index < -0.39 is 0 Å². The summed E-state index contributed by atoms with van der Waals surface area (Å²) < 4.78 is 5.11. The van der Waals surface area contributed by atoms with Gasteiger partial charge in [0, 0.05) is 19.1 Å². The summed E-state index contributed by atoms with van der Waals surface area (Å²) in [6.45, 7) is 8.10. The topological polar surface area (TPSA) is 41.6 Å². The largest absolute Gasteiger partial charge is 0.370 e. The smallest absolute Gasteiger partial charge is 0.248 e. The molecule has 0 spiro atoms. The molecule has 0 radical (unpaired) electrons. The maximum atomic E-state index is 11.5. The molecule has 0 aromatic heterocycles. The Kier molecular flexibility index (Phi) is 7.21. The van der Waals surface area contributed by atoms with E-state index >= 15 is 0 Å². The van der Waals surface area contributed by atoms with Crippen molar-refractivity contribution >= 4 is 5.91 Å². The molecule has 0 aromatic rings. The molecule has 0 aliphatic carbocycles. The van der Waals surface area contributed by atoms with E-state index in [1.165, 1.54) is 6.42 Å². The second-order valence-electron chi connectivity index (χ2n) is 4.63. The lowest BCUT2D eigenvalue weighted by molar-refractivity contribution is -0.142. The maximum Gasteiger partial charge on any atom is 0.248 e. The Labute approximate surface area is 105 Å². The van der Waals surface area contributed by atoms with Gasteiger partial charge in [-0.2, -0.15) is 0 Å². The first-order valence-corrected chi connectivity index (χ1v) is 6.86. The highest BCUT2D eigenvalue weighted by Crippen LogP contribution is 2.06. The number of amides is 1. The minimum atomic E-state index is 0.144. The van der Waals surface area contributed by atoms with Gasteiger partial charge in [-0.3, -0.25) is 4.79 Å². The number of carbonyl (C=O) groups excluding carboxylic acids is 1. The van der Waals surface area contributed by atoms with E-state index in [0.29, 0.717) is 12.6 Å². The summed E-state index contributed by atoms with van der Waals surface area (Å²) in [7, 11) is 0. The second-order valence-corrected chi connectivity index (χ2v) is 4.63. The average Bonchev–Trinajstić information content (AvgIpc) is 2.35. The highest BCUT2D eigenvalue weighted by molar-refractivity contribution is 5.77. The van der Waals surface area contributed by atoms with Gasteiger partial charge in [0.2, 0.25) is 5.91 Å². The van der Waals surface area contributed by atoms with Crippen LogP contribution < -0.4 is 5.32 Å². The van der Waals surface area contributed by atoms with Crippen LogP contribution in [0.5, 0.6) is 0 Å². The zero-order valence-electron chi connectivity index (χ0n) is 11.2. The van der Waals surface area contributed by atoms with Crippen molar-refractivity contribution in [3.05, 3.63) is 0 Å². The summed E-state index contributed by atoms with van der Waals surface area (Å²) >= 11 is 0. The molecule has 17 heavy (non-hydrogen) atoms. The maximum absolute atomic E-state index is 11.5. The summed E-state index contributed by atoms with van der Waals surface area (Å²) in [5, 5.41) is 3.54. The molecule has 1 heterocycles. The summed E-state index contributed by atoms with van der Waals surface area (Å²) in [6, 6.07) is 0.603. The molecule has 0 aromatic carbocycles. The average molecular weight is 242 g/mol. The molecular formula is C13H26N2O2. The molecule has 1 atom stereocenters. The molecule has 1 amide bonds. The third kappa shape index (κ3) is 5.50. The Morgan fingerprint density at radius 3 is 2.94 bits per heavy atom. The standard InChI is InChI=1S/C13H26N2O2/c1-3-7-14-12(4-2)6-5-8-15-9-10-17-11-13(15)16/h12,14H,3-11H2,1-2H3. The van der Waals surface area contributed by atoms with Crippen molar-refractivity contribution in [1.29, 1.82) is 0 Å². The van der Waals surface area contributed by atoms with Crippen molar-refractivity contribution in [2.24, 2.45) is 0 Å². The zero-order chi connectivity index (χ0) is 12.5. The van der Waals surface area contributed by atoms with Crippen LogP contribution in [-0.2, 0) is 9.53 Å². The van der Waals surface area contributed by atoms with Crippen LogP contribution in [0, 0.1) is 0 Å². The minimum absolute atomic E-state index is 0.144.